The average Bonchev–Trinajstić information content (AvgIpc) is 2.55. The number of amides is 1. The summed E-state index contributed by atoms with van der Waals surface area (Å²) in [6.45, 7) is 1.28. The Bertz CT molecular complexity index is 660. The molecule has 0 atom stereocenters. The number of benzene rings is 2. The Morgan fingerprint density at radius 2 is 1.45 bits per heavy atom. The molecule has 4 nitrogen and oxygen atoms in total. The van der Waals surface area contributed by atoms with E-state index in [4.69, 9.17) is 0 Å². The van der Waals surface area contributed by atoms with E-state index in [-0.39, 0.29) is 0 Å². The molecule has 114 valence electrons. The third-order valence-electron chi connectivity index (χ3n) is 3.58. The van der Waals surface area contributed by atoms with Gasteiger partial charge in [-0.15, -0.1) is 0 Å². The molecule has 2 rings (SSSR count). The van der Waals surface area contributed by atoms with Gasteiger partial charge in [0.2, 0.25) is 5.78 Å². The maximum Gasteiger partial charge on any atom is 0.293 e. The summed E-state index contributed by atoms with van der Waals surface area (Å²) in [6, 6.07) is 15.9. The molecule has 0 saturated carbocycles. The van der Waals surface area contributed by atoms with Crippen LogP contribution in [-0.2, 0) is 16.0 Å². The predicted octanol–water partition coefficient (Wildman–Crippen LogP) is 2.87. The van der Waals surface area contributed by atoms with Crippen LogP contribution in [0.5, 0.6) is 0 Å². The Morgan fingerprint density at radius 3 is 1.91 bits per heavy atom. The quantitative estimate of drug-likeness (QED) is 0.863. The number of nitrogens with one attached hydrogen (secondary N) is 1. The van der Waals surface area contributed by atoms with E-state index in [9.17, 15) is 9.59 Å². The molecule has 0 heterocycles. The number of carbonyl (C=O) groups excluding carboxylic acids is 2. The van der Waals surface area contributed by atoms with E-state index in [2.05, 4.69) is 17.4 Å². The van der Waals surface area contributed by atoms with Crippen LogP contribution in [-0.4, -0.2) is 25.8 Å². The van der Waals surface area contributed by atoms with Crippen LogP contribution in [0, 0.1) is 0 Å². The number of likely N-dealkylation sites (N-methyl/N-ethyl adjacent to an activating group) is 1. The van der Waals surface area contributed by atoms with Gasteiger partial charge in [-0.3, -0.25) is 9.59 Å². The fraction of sp³-hybridized carbons (Fsp3) is 0.222. The van der Waals surface area contributed by atoms with Crippen LogP contribution >= 0.6 is 0 Å². The highest BCUT2D eigenvalue weighted by Crippen LogP contribution is 2.17. The zero-order chi connectivity index (χ0) is 16.1. The zero-order valence-corrected chi connectivity index (χ0v) is 13.1. The van der Waals surface area contributed by atoms with E-state index in [1.807, 2.05) is 43.4 Å². The number of hydrogen-bond donors (Lipinski definition) is 1. The first-order valence-electron chi connectivity index (χ1n) is 7.15. The highest BCUT2D eigenvalue weighted by molar-refractivity contribution is 6.40. The molecule has 1 amide bonds. The Hall–Kier alpha value is -2.62. The lowest BCUT2D eigenvalue weighted by molar-refractivity contribution is -0.134. The van der Waals surface area contributed by atoms with E-state index in [0.717, 1.165) is 23.4 Å². The van der Waals surface area contributed by atoms with Gasteiger partial charge >= 0.3 is 0 Å². The number of rotatable bonds is 5. The molecule has 22 heavy (non-hydrogen) atoms. The van der Waals surface area contributed by atoms with Gasteiger partial charge in [0.25, 0.3) is 5.91 Å². The van der Waals surface area contributed by atoms with Crippen LogP contribution in [0.2, 0.25) is 0 Å². The molecule has 0 spiro atoms. The second kappa shape index (κ2) is 6.89. The second-order valence-corrected chi connectivity index (χ2v) is 5.21. The van der Waals surface area contributed by atoms with Gasteiger partial charge in [0.1, 0.15) is 0 Å². The van der Waals surface area contributed by atoms with Crippen LogP contribution in [0.25, 0.3) is 0 Å². The van der Waals surface area contributed by atoms with Crippen LogP contribution in [0.3, 0.4) is 0 Å². The molecule has 0 aliphatic heterocycles. The molecule has 0 aliphatic rings. The lowest BCUT2D eigenvalue weighted by Crippen LogP contribution is -2.31. The molecule has 0 radical (unpaired) electrons. The monoisotopic (exact) mass is 296 g/mol. The van der Waals surface area contributed by atoms with Crippen molar-refractivity contribution >= 4 is 23.1 Å². The molecule has 2 aromatic carbocycles. The standard InChI is InChI=1S/C18H20N2O2/c1-13(21)18(22)20(3)17-10-6-15(7-11-17)12-14-4-8-16(19-2)9-5-14/h4-11,19H,12H2,1-3H3. The van der Waals surface area contributed by atoms with Crippen molar-refractivity contribution in [2.75, 3.05) is 24.3 Å². The lowest BCUT2D eigenvalue weighted by Gasteiger charge is -2.16. The van der Waals surface area contributed by atoms with Gasteiger partial charge in [-0.05, 0) is 41.8 Å². The number of nitrogens with zero attached hydrogens (tertiary/aromatic N) is 1. The van der Waals surface area contributed by atoms with Crippen molar-refractivity contribution in [2.45, 2.75) is 13.3 Å². The van der Waals surface area contributed by atoms with E-state index in [1.165, 1.54) is 17.4 Å². The van der Waals surface area contributed by atoms with Gasteiger partial charge in [-0.1, -0.05) is 24.3 Å². The van der Waals surface area contributed by atoms with Gasteiger partial charge in [-0.2, -0.15) is 0 Å². The largest absolute Gasteiger partial charge is 0.388 e. The summed E-state index contributed by atoms with van der Waals surface area (Å²) < 4.78 is 0. The van der Waals surface area contributed by atoms with Crippen LogP contribution in [0.15, 0.2) is 48.5 Å². The molecule has 2 aromatic rings. The number of anilines is 2. The highest BCUT2D eigenvalue weighted by atomic mass is 16.2. The average molecular weight is 296 g/mol. The van der Waals surface area contributed by atoms with E-state index < -0.39 is 11.7 Å². The van der Waals surface area contributed by atoms with Crippen molar-refractivity contribution in [3.05, 3.63) is 59.7 Å². The fourth-order valence-electron chi connectivity index (χ4n) is 2.22. The van der Waals surface area contributed by atoms with Crippen LogP contribution in [0.1, 0.15) is 18.1 Å². The molecule has 0 aromatic heterocycles. The van der Waals surface area contributed by atoms with Gasteiger partial charge < -0.3 is 10.2 Å². The van der Waals surface area contributed by atoms with E-state index in [0.29, 0.717) is 0 Å². The van der Waals surface area contributed by atoms with Gasteiger partial charge in [0.15, 0.2) is 0 Å². The maximum atomic E-state index is 11.7. The van der Waals surface area contributed by atoms with Crippen molar-refractivity contribution < 1.29 is 9.59 Å². The second-order valence-electron chi connectivity index (χ2n) is 5.21. The fourth-order valence-corrected chi connectivity index (χ4v) is 2.22. The van der Waals surface area contributed by atoms with Crippen molar-refractivity contribution in [3.63, 3.8) is 0 Å². The summed E-state index contributed by atoms with van der Waals surface area (Å²) >= 11 is 0. The van der Waals surface area contributed by atoms with Gasteiger partial charge in [0.05, 0.1) is 0 Å². The number of hydrogen-bond acceptors (Lipinski definition) is 3. The van der Waals surface area contributed by atoms with E-state index >= 15 is 0 Å². The minimum Gasteiger partial charge on any atom is -0.388 e. The Labute approximate surface area is 130 Å². The summed E-state index contributed by atoms with van der Waals surface area (Å²) in [4.78, 5) is 24.1. The van der Waals surface area contributed by atoms with E-state index in [1.54, 1.807) is 7.05 Å². The minimum atomic E-state index is -0.504. The number of Topliss-reactive ketones (excluding diaryl/α,β-unsaturated/α-hetero) is 1. The van der Waals surface area contributed by atoms with Gasteiger partial charge in [-0.25, -0.2) is 0 Å². The topological polar surface area (TPSA) is 49.4 Å². The minimum absolute atomic E-state index is 0.462. The summed E-state index contributed by atoms with van der Waals surface area (Å²) in [5.74, 6) is -0.966. The molecule has 4 heteroatoms. The molecular formula is C18H20N2O2. The maximum absolute atomic E-state index is 11.7. The highest BCUT2D eigenvalue weighted by Gasteiger charge is 2.15. The summed E-state index contributed by atoms with van der Waals surface area (Å²) in [5.41, 5.74) is 4.18. The summed E-state index contributed by atoms with van der Waals surface area (Å²) in [6.07, 6.45) is 0.828. The third-order valence-corrected chi connectivity index (χ3v) is 3.58. The molecule has 0 saturated heterocycles. The predicted molar refractivity (Wildman–Crippen MR) is 89.3 cm³/mol. The summed E-state index contributed by atoms with van der Waals surface area (Å²) in [5, 5.41) is 3.09. The molecule has 1 N–H and O–H groups in total. The van der Waals surface area contributed by atoms with Crippen molar-refractivity contribution in [1.82, 2.24) is 0 Å². The zero-order valence-electron chi connectivity index (χ0n) is 13.1. The molecule has 0 bridgehead atoms. The first-order chi connectivity index (χ1) is 10.5. The van der Waals surface area contributed by atoms with Crippen molar-refractivity contribution in [3.8, 4) is 0 Å². The Kier molecular flexibility index (Phi) is 4.94. The van der Waals surface area contributed by atoms with Gasteiger partial charge in [0, 0.05) is 32.4 Å². The normalized spacial score (nSPS) is 10.1. The SMILES string of the molecule is CNc1ccc(Cc2ccc(N(C)C(=O)C(C)=O)cc2)cc1. The molecule has 0 aliphatic carbocycles. The molecule has 0 unspecified atom stereocenters. The first kappa shape index (κ1) is 15.8. The van der Waals surface area contributed by atoms with Crippen molar-refractivity contribution in [2.24, 2.45) is 0 Å². The van der Waals surface area contributed by atoms with Crippen LogP contribution in [0.4, 0.5) is 11.4 Å². The first-order valence-corrected chi connectivity index (χ1v) is 7.15. The Balaban J connectivity index is 2.08. The Morgan fingerprint density at radius 1 is 0.955 bits per heavy atom. The smallest absolute Gasteiger partial charge is 0.293 e. The van der Waals surface area contributed by atoms with Crippen molar-refractivity contribution in [1.29, 1.82) is 0 Å². The lowest BCUT2D eigenvalue weighted by atomic mass is 10.0. The van der Waals surface area contributed by atoms with Crippen LogP contribution < -0.4 is 10.2 Å². The number of ketones is 1. The molecule has 0 fully saturated rings. The molecular weight excluding hydrogens is 276 g/mol. The summed E-state index contributed by atoms with van der Waals surface area (Å²) in [7, 11) is 3.50. The number of carbonyl (C=O) groups is 2. The third kappa shape index (κ3) is 3.73.